The van der Waals surface area contributed by atoms with Crippen molar-refractivity contribution in [3.8, 4) is 5.75 Å². The molecule has 3 rings (SSSR count). The first-order chi connectivity index (χ1) is 11.9. The third kappa shape index (κ3) is 2.98. The van der Waals surface area contributed by atoms with E-state index in [4.69, 9.17) is 22.1 Å². The minimum Gasteiger partial charge on any atom is -0.493 e. The number of nitrogen functional groups attached to an aromatic ring is 1. The van der Waals surface area contributed by atoms with Gasteiger partial charge in [-0.3, -0.25) is 4.40 Å². The van der Waals surface area contributed by atoms with Gasteiger partial charge in [0.15, 0.2) is 5.82 Å². The third-order valence-corrected chi connectivity index (χ3v) is 5.46. The van der Waals surface area contributed by atoms with Gasteiger partial charge in [0, 0.05) is 28.9 Å². The van der Waals surface area contributed by atoms with Crippen molar-refractivity contribution in [2.75, 3.05) is 12.3 Å². The molecule has 2 aromatic heterocycles. The molecule has 0 aliphatic heterocycles. The highest BCUT2D eigenvalue weighted by Gasteiger charge is 2.24. The highest BCUT2D eigenvalue weighted by molar-refractivity contribution is 9.10. The Hall–Kier alpha value is -1.79. The topological polar surface area (TPSA) is 65.4 Å². The summed E-state index contributed by atoms with van der Waals surface area (Å²) in [5, 5.41) is 0.726. The highest BCUT2D eigenvalue weighted by Crippen LogP contribution is 2.39. The number of halogens is 2. The molecule has 7 heteroatoms. The molecule has 0 aliphatic rings. The second-order valence-corrected chi connectivity index (χ2v) is 7.13. The van der Waals surface area contributed by atoms with Gasteiger partial charge in [-0.05, 0) is 53.9 Å². The van der Waals surface area contributed by atoms with Crippen LogP contribution in [0, 0.1) is 13.8 Å². The number of nitrogens with zero attached hydrogens (tertiary/aromatic N) is 3. The number of benzene rings is 1. The van der Waals surface area contributed by atoms with Gasteiger partial charge < -0.3 is 10.5 Å². The van der Waals surface area contributed by atoms with Crippen LogP contribution in [0.4, 0.5) is 5.82 Å². The molecule has 0 aliphatic carbocycles. The van der Waals surface area contributed by atoms with Crippen LogP contribution in [0.25, 0.3) is 5.52 Å². The summed E-state index contributed by atoms with van der Waals surface area (Å²) in [4.78, 5) is 8.81. The average Bonchev–Trinajstić information content (AvgIpc) is 2.93. The lowest BCUT2D eigenvalue weighted by Crippen LogP contribution is -2.08. The Bertz CT molecular complexity index is 954. The highest BCUT2D eigenvalue weighted by atomic mass is 79.9. The molecular formula is C18H20BrClN4O. The van der Waals surface area contributed by atoms with E-state index in [0.29, 0.717) is 17.0 Å². The number of anilines is 1. The van der Waals surface area contributed by atoms with Crippen molar-refractivity contribution in [3.05, 3.63) is 50.6 Å². The Balaban J connectivity index is 2.23. The van der Waals surface area contributed by atoms with E-state index < -0.39 is 0 Å². The van der Waals surface area contributed by atoms with Crippen molar-refractivity contribution in [1.82, 2.24) is 14.4 Å². The van der Waals surface area contributed by atoms with Crippen LogP contribution in [0.2, 0.25) is 5.02 Å². The Morgan fingerprint density at radius 2 is 2.08 bits per heavy atom. The summed E-state index contributed by atoms with van der Waals surface area (Å²) in [7, 11) is 0. The van der Waals surface area contributed by atoms with Gasteiger partial charge in [-0.25, -0.2) is 9.97 Å². The van der Waals surface area contributed by atoms with Gasteiger partial charge in [-0.1, -0.05) is 18.5 Å². The van der Waals surface area contributed by atoms with Crippen LogP contribution in [-0.2, 0) is 0 Å². The van der Waals surface area contributed by atoms with E-state index in [2.05, 4.69) is 32.8 Å². The van der Waals surface area contributed by atoms with E-state index in [-0.39, 0.29) is 5.92 Å². The molecule has 1 atom stereocenters. The monoisotopic (exact) mass is 422 g/mol. The summed E-state index contributed by atoms with van der Waals surface area (Å²) in [6.07, 6.45) is 3.53. The number of ether oxygens (including phenoxy) is 1. The Labute approximate surface area is 160 Å². The number of nitrogens with two attached hydrogens (primary N) is 1. The summed E-state index contributed by atoms with van der Waals surface area (Å²) in [5.41, 5.74) is 9.86. The maximum atomic E-state index is 6.45. The number of imidazole rings is 1. The molecule has 0 fully saturated rings. The Morgan fingerprint density at radius 1 is 1.36 bits per heavy atom. The smallest absolute Gasteiger partial charge is 0.150 e. The second-order valence-electron chi connectivity index (χ2n) is 5.97. The number of hydrogen-bond acceptors (Lipinski definition) is 4. The Kier molecular flexibility index (Phi) is 4.93. The van der Waals surface area contributed by atoms with E-state index in [1.54, 1.807) is 6.20 Å². The number of aromatic nitrogens is 3. The molecule has 3 aromatic rings. The Morgan fingerprint density at radius 3 is 2.76 bits per heavy atom. The van der Waals surface area contributed by atoms with Gasteiger partial charge >= 0.3 is 0 Å². The molecule has 5 nitrogen and oxygen atoms in total. The lowest BCUT2D eigenvalue weighted by molar-refractivity contribution is 0.332. The minimum absolute atomic E-state index is 0.0426. The standard InChI is InChI=1S/C18H20BrClN4O/c1-5-25-15-10(3)9(2)13(20)8-12(15)11(4)18-23-16(19)14-17(21)22-6-7-24(14)18/h6-8,11H,5H2,1-4H3,(H2,21,22). The predicted octanol–water partition coefficient (Wildman–Crippen LogP) is 4.89. The SMILES string of the molecule is CCOc1c(C(C)c2nc(Br)c3c(N)nccn23)cc(Cl)c(C)c1C. The normalized spacial score (nSPS) is 12.6. The van der Waals surface area contributed by atoms with Gasteiger partial charge in [0.2, 0.25) is 0 Å². The molecule has 2 heterocycles. The van der Waals surface area contributed by atoms with Crippen LogP contribution in [0.1, 0.15) is 42.3 Å². The van der Waals surface area contributed by atoms with Crippen LogP contribution in [0.5, 0.6) is 5.75 Å². The van der Waals surface area contributed by atoms with Crippen LogP contribution < -0.4 is 10.5 Å². The molecule has 2 N–H and O–H groups in total. The van der Waals surface area contributed by atoms with Crippen molar-refractivity contribution in [3.63, 3.8) is 0 Å². The molecule has 0 saturated carbocycles. The van der Waals surface area contributed by atoms with E-state index in [0.717, 1.165) is 38.8 Å². The fourth-order valence-corrected chi connectivity index (χ4v) is 3.86. The average molecular weight is 424 g/mol. The van der Waals surface area contributed by atoms with Gasteiger partial charge in [0.05, 0.1) is 6.61 Å². The zero-order valence-electron chi connectivity index (χ0n) is 14.6. The zero-order chi connectivity index (χ0) is 18.3. The largest absolute Gasteiger partial charge is 0.493 e. The van der Waals surface area contributed by atoms with Crippen molar-refractivity contribution in [2.45, 2.75) is 33.6 Å². The molecular weight excluding hydrogens is 404 g/mol. The fourth-order valence-electron chi connectivity index (χ4n) is 3.02. The quantitative estimate of drug-likeness (QED) is 0.648. The predicted molar refractivity (Wildman–Crippen MR) is 105 cm³/mol. The number of rotatable bonds is 4. The second kappa shape index (κ2) is 6.84. The van der Waals surface area contributed by atoms with Crippen molar-refractivity contribution in [2.24, 2.45) is 0 Å². The van der Waals surface area contributed by atoms with Crippen LogP contribution in [0.15, 0.2) is 23.1 Å². The van der Waals surface area contributed by atoms with Crippen molar-refractivity contribution in [1.29, 1.82) is 0 Å². The summed E-state index contributed by atoms with van der Waals surface area (Å²) >= 11 is 9.94. The maximum absolute atomic E-state index is 6.45. The molecule has 25 heavy (non-hydrogen) atoms. The van der Waals surface area contributed by atoms with E-state index in [1.807, 2.05) is 37.4 Å². The molecule has 1 aromatic carbocycles. The zero-order valence-corrected chi connectivity index (χ0v) is 16.9. The number of hydrogen-bond donors (Lipinski definition) is 1. The molecule has 0 spiro atoms. The van der Waals surface area contributed by atoms with E-state index >= 15 is 0 Å². The maximum Gasteiger partial charge on any atom is 0.150 e. The summed E-state index contributed by atoms with van der Waals surface area (Å²) < 4.78 is 8.57. The first kappa shape index (κ1) is 18.0. The molecule has 132 valence electrons. The van der Waals surface area contributed by atoms with E-state index in [9.17, 15) is 0 Å². The molecule has 0 bridgehead atoms. The van der Waals surface area contributed by atoms with Crippen LogP contribution in [-0.4, -0.2) is 21.0 Å². The lowest BCUT2D eigenvalue weighted by Gasteiger charge is -2.20. The first-order valence-corrected chi connectivity index (χ1v) is 9.24. The van der Waals surface area contributed by atoms with Gasteiger partial charge in [-0.15, -0.1) is 0 Å². The minimum atomic E-state index is -0.0426. The van der Waals surface area contributed by atoms with E-state index in [1.165, 1.54) is 0 Å². The first-order valence-electron chi connectivity index (χ1n) is 8.07. The summed E-state index contributed by atoms with van der Waals surface area (Å²) in [6.45, 7) is 8.68. The lowest BCUT2D eigenvalue weighted by atomic mass is 9.94. The molecule has 0 amide bonds. The third-order valence-electron chi connectivity index (χ3n) is 4.52. The van der Waals surface area contributed by atoms with Gasteiger partial charge in [0.25, 0.3) is 0 Å². The van der Waals surface area contributed by atoms with Crippen molar-refractivity contribution < 1.29 is 4.74 Å². The van der Waals surface area contributed by atoms with Gasteiger partial charge in [0.1, 0.15) is 21.7 Å². The van der Waals surface area contributed by atoms with Crippen LogP contribution >= 0.6 is 27.5 Å². The van der Waals surface area contributed by atoms with Gasteiger partial charge in [-0.2, -0.15) is 0 Å². The molecule has 0 radical (unpaired) electrons. The molecule has 1 unspecified atom stereocenters. The fraction of sp³-hybridized carbons (Fsp3) is 0.333. The van der Waals surface area contributed by atoms with Crippen LogP contribution in [0.3, 0.4) is 0 Å². The molecule has 0 saturated heterocycles. The van der Waals surface area contributed by atoms with Crippen molar-refractivity contribution >= 4 is 38.9 Å². The number of fused-ring (bicyclic) bond motifs is 1. The summed E-state index contributed by atoms with van der Waals surface area (Å²) in [6, 6.07) is 1.97. The summed E-state index contributed by atoms with van der Waals surface area (Å²) in [5.74, 6) is 2.10.